The number of carbonyl (C=O) groups is 1. The highest BCUT2D eigenvalue weighted by molar-refractivity contribution is 5.66. The van der Waals surface area contributed by atoms with Gasteiger partial charge in [-0.25, -0.2) is 0 Å². The van der Waals surface area contributed by atoms with Crippen LogP contribution < -0.4 is 9.47 Å². The normalized spacial score (nSPS) is 14.9. The van der Waals surface area contributed by atoms with E-state index >= 15 is 0 Å². The van der Waals surface area contributed by atoms with Crippen LogP contribution in [0, 0.1) is 0 Å². The Morgan fingerprint density at radius 3 is 2.94 bits per heavy atom. The molecule has 1 unspecified atom stereocenters. The Morgan fingerprint density at radius 2 is 2.18 bits per heavy atom. The van der Waals surface area contributed by atoms with E-state index in [0.29, 0.717) is 0 Å². The average Bonchev–Trinajstić information content (AvgIpc) is 2.75. The monoisotopic (exact) mass is 234 g/mol. The molecule has 0 bridgehead atoms. The number of fused-ring (bicyclic) bond motifs is 1. The van der Waals surface area contributed by atoms with E-state index in [4.69, 9.17) is 14.2 Å². The van der Waals surface area contributed by atoms with Crippen LogP contribution in [-0.2, 0) is 9.53 Å². The van der Waals surface area contributed by atoms with E-state index in [9.17, 15) is 4.79 Å². The van der Waals surface area contributed by atoms with Gasteiger partial charge < -0.3 is 14.2 Å². The molecule has 1 aliphatic rings. The molecule has 0 saturated heterocycles. The fraction of sp³-hybridized carbons (Fsp3) is 0.308. The van der Waals surface area contributed by atoms with Gasteiger partial charge in [-0.2, -0.15) is 0 Å². The van der Waals surface area contributed by atoms with E-state index in [0.717, 1.165) is 17.1 Å². The summed E-state index contributed by atoms with van der Waals surface area (Å²) in [6.07, 6.45) is 3.23. The van der Waals surface area contributed by atoms with Gasteiger partial charge in [0.1, 0.15) is 0 Å². The Labute approximate surface area is 99.8 Å². The largest absolute Gasteiger partial charge is 0.454 e. The minimum Gasteiger partial charge on any atom is -0.454 e. The Hall–Kier alpha value is -1.97. The van der Waals surface area contributed by atoms with Crippen LogP contribution in [0.15, 0.2) is 30.5 Å². The Kier molecular flexibility index (Phi) is 3.32. The molecule has 0 amide bonds. The fourth-order valence-electron chi connectivity index (χ4n) is 1.56. The van der Waals surface area contributed by atoms with Crippen molar-refractivity contribution in [2.24, 2.45) is 0 Å². The second kappa shape index (κ2) is 4.91. The van der Waals surface area contributed by atoms with Crippen LogP contribution in [0.3, 0.4) is 0 Å². The predicted molar refractivity (Wildman–Crippen MR) is 61.9 cm³/mol. The Bertz CT molecular complexity index is 451. The first kappa shape index (κ1) is 11.5. The van der Waals surface area contributed by atoms with Crippen LogP contribution in [0.4, 0.5) is 0 Å². The minimum absolute atomic E-state index is 0.142. The lowest BCUT2D eigenvalue weighted by molar-refractivity contribution is -0.135. The molecule has 17 heavy (non-hydrogen) atoms. The molecule has 1 aromatic carbocycles. The van der Waals surface area contributed by atoms with Gasteiger partial charge in [0.25, 0.3) is 0 Å². The Morgan fingerprint density at radius 1 is 1.41 bits per heavy atom. The molecule has 0 N–H and O–H groups in total. The van der Waals surface area contributed by atoms with Crippen LogP contribution in [-0.4, -0.2) is 12.8 Å². The predicted octanol–water partition coefficient (Wildman–Crippen LogP) is 2.60. The first-order valence-corrected chi connectivity index (χ1v) is 5.40. The lowest BCUT2D eigenvalue weighted by atomic mass is 10.0. The van der Waals surface area contributed by atoms with E-state index in [2.05, 4.69) is 0 Å². The molecule has 4 nitrogen and oxygen atoms in total. The molecule has 4 heteroatoms. The molecule has 1 aromatic rings. The van der Waals surface area contributed by atoms with Gasteiger partial charge in [-0.1, -0.05) is 13.0 Å². The second-order valence-corrected chi connectivity index (χ2v) is 3.84. The van der Waals surface area contributed by atoms with Crippen LogP contribution in [0.5, 0.6) is 11.5 Å². The molecule has 90 valence electrons. The lowest BCUT2D eigenvalue weighted by Gasteiger charge is -2.07. The Balaban J connectivity index is 2.06. The zero-order chi connectivity index (χ0) is 12.3. The molecule has 0 aliphatic carbocycles. The van der Waals surface area contributed by atoms with Crippen molar-refractivity contribution in [3.63, 3.8) is 0 Å². The summed E-state index contributed by atoms with van der Waals surface area (Å²) in [5, 5.41) is 0. The van der Waals surface area contributed by atoms with Crippen molar-refractivity contribution in [3.05, 3.63) is 36.1 Å². The first-order chi connectivity index (χ1) is 8.16. The quantitative estimate of drug-likeness (QED) is 0.595. The topological polar surface area (TPSA) is 44.8 Å². The molecular weight excluding hydrogens is 220 g/mol. The zero-order valence-electron chi connectivity index (χ0n) is 9.80. The third-order valence-electron chi connectivity index (χ3n) is 2.52. The van der Waals surface area contributed by atoms with Gasteiger partial charge in [0, 0.05) is 12.8 Å². The number of esters is 1. The fourth-order valence-corrected chi connectivity index (χ4v) is 1.56. The highest BCUT2D eigenvalue weighted by Crippen LogP contribution is 2.34. The molecule has 1 atom stereocenters. The van der Waals surface area contributed by atoms with E-state index in [1.54, 1.807) is 0 Å². The zero-order valence-corrected chi connectivity index (χ0v) is 9.80. The van der Waals surface area contributed by atoms with Gasteiger partial charge in [-0.3, -0.25) is 4.79 Å². The van der Waals surface area contributed by atoms with E-state index in [1.165, 1.54) is 13.2 Å². The van der Waals surface area contributed by atoms with Gasteiger partial charge in [0.05, 0.1) is 6.26 Å². The number of rotatable bonds is 3. The van der Waals surface area contributed by atoms with Gasteiger partial charge >= 0.3 is 5.97 Å². The maximum absolute atomic E-state index is 10.6. The van der Waals surface area contributed by atoms with Crippen molar-refractivity contribution in [1.82, 2.24) is 0 Å². The average molecular weight is 234 g/mol. The number of carbonyl (C=O) groups excluding carboxylic acids is 1. The van der Waals surface area contributed by atoms with Crippen LogP contribution >= 0.6 is 0 Å². The number of allylic oxidation sites excluding steroid dienone is 1. The molecule has 0 spiro atoms. The molecule has 0 aromatic heterocycles. The van der Waals surface area contributed by atoms with Crippen molar-refractivity contribution >= 4 is 5.97 Å². The summed E-state index contributed by atoms with van der Waals surface area (Å²) in [4.78, 5) is 10.6. The molecule has 1 aliphatic heterocycles. The van der Waals surface area contributed by atoms with Gasteiger partial charge in [0.15, 0.2) is 11.5 Å². The van der Waals surface area contributed by atoms with Crippen LogP contribution in [0.1, 0.15) is 25.3 Å². The SMILES string of the molecule is CC(=O)OC=CC(C)c1ccc2c(c1)OCO2. The maximum Gasteiger partial charge on any atom is 0.307 e. The van der Waals surface area contributed by atoms with Gasteiger partial charge in [-0.05, 0) is 23.8 Å². The maximum atomic E-state index is 10.6. The molecule has 1 heterocycles. The van der Waals surface area contributed by atoms with E-state index in [-0.39, 0.29) is 18.7 Å². The molecule has 0 radical (unpaired) electrons. The van der Waals surface area contributed by atoms with Gasteiger partial charge in [-0.15, -0.1) is 0 Å². The lowest BCUT2D eigenvalue weighted by Crippen LogP contribution is -1.93. The number of ether oxygens (including phenoxy) is 3. The number of hydrogen-bond donors (Lipinski definition) is 0. The third kappa shape index (κ3) is 2.78. The van der Waals surface area contributed by atoms with Crippen LogP contribution in [0.25, 0.3) is 0 Å². The van der Waals surface area contributed by atoms with Crippen molar-refractivity contribution in [2.45, 2.75) is 19.8 Å². The van der Waals surface area contributed by atoms with E-state index < -0.39 is 0 Å². The summed E-state index contributed by atoms with van der Waals surface area (Å²) < 4.78 is 15.3. The first-order valence-electron chi connectivity index (χ1n) is 5.40. The van der Waals surface area contributed by atoms with E-state index in [1.807, 2.05) is 31.2 Å². The van der Waals surface area contributed by atoms with Crippen molar-refractivity contribution < 1.29 is 19.0 Å². The van der Waals surface area contributed by atoms with Gasteiger partial charge in [0.2, 0.25) is 6.79 Å². The summed E-state index contributed by atoms with van der Waals surface area (Å²) >= 11 is 0. The number of hydrogen-bond acceptors (Lipinski definition) is 4. The van der Waals surface area contributed by atoms with Crippen molar-refractivity contribution in [1.29, 1.82) is 0 Å². The smallest absolute Gasteiger partial charge is 0.307 e. The third-order valence-corrected chi connectivity index (χ3v) is 2.52. The molecular formula is C13H14O4. The molecule has 0 fully saturated rings. The van der Waals surface area contributed by atoms with Crippen molar-refractivity contribution in [2.75, 3.05) is 6.79 Å². The number of benzene rings is 1. The summed E-state index contributed by atoms with van der Waals surface area (Å²) in [5.74, 6) is 1.35. The van der Waals surface area contributed by atoms with Crippen molar-refractivity contribution in [3.8, 4) is 11.5 Å². The highest BCUT2D eigenvalue weighted by Gasteiger charge is 2.14. The van der Waals surface area contributed by atoms with Crippen LogP contribution in [0.2, 0.25) is 0 Å². The summed E-state index contributed by atoms with van der Waals surface area (Å²) in [5.41, 5.74) is 1.08. The summed E-state index contributed by atoms with van der Waals surface area (Å²) in [6, 6.07) is 5.79. The molecule has 0 saturated carbocycles. The standard InChI is InChI=1S/C13H14O4/c1-9(5-6-15-10(2)14)11-3-4-12-13(7-11)17-8-16-12/h3-7,9H,8H2,1-2H3. The summed E-state index contributed by atoms with van der Waals surface area (Å²) in [7, 11) is 0. The molecule has 2 rings (SSSR count). The summed E-state index contributed by atoms with van der Waals surface area (Å²) in [6.45, 7) is 3.66. The second-order valence-electron chi connectivity index (χ2n) is 3.84. The highest BCUT2D eigenvalue weighted by atomic mass is 16.7. The minimum atomic E-state index is -0.320.